The summed E-state index contributed by atoms with van der Waals surface area (Å²) in [5, 5.41) is 10.7. The summed E-state index contributed by atoms with van der Waals surface area (Å²) in [5.74, 6) is 1.25. The maximum Gasteiger partial charge on any atom is 0.142 e. The SMILES string of the molecule is COc1ccc(C(O)c2ccccc2SC)c(OC)c1Br. The molecule has 0 radical (unpaired) electrons. The zero-order valence-corrected chi connectivity index (χ0v) is 14.5. The Morgan fingerprint density at radius 2 is 1.76 bits per heavy atom. The average Bonchev–Trinajstić information content (AvgIpc) is 2.53. The molecule has 0 heterocycles. The molecule has 5 heteroatoms. The number of hydrogen-bond donors (Lipinski definition) is 1. The number of methoxy groups -OCH3 is 2. The van der Waals surface area contributed by atoms with Crippen molar-refractivity contribution < 1.29 is 14.6 Å². The van der Waals surface area contributed by atoms with Crippen molar-refractivity contribution in [2.24, 2.45) is 0 Å². The molecule has 0 spiro atoms. The van der Waals surface area contributed by atoms with Crippen LogP contribution in [-0.4, -0.2) is 25.6 Å². The molecule has 2 rings (SSSR count). The van der Waals surface area contributed by atoms with Crippen molar-refractivity contribution >= 4 is 27.7 Å². The number of hydrogen-bond acceptors (Lipinski definition) is 4. The van der Waals surface area contributed by atoms with Crippen molar-refractivity contribution in [2.75, 3.05) is 20.5 Å². The summed E-state index contributed by atoms with van der Waals surface area (Å²) in [6.45, 7) is 0. The molecule has 1 unspecified atom stereocenters. The Balaban J connectivity index is 2.53. The number of rotatable bonds is 5. The quantitative estimate of drug-likeness (QED) is 0.799. The number of thioether (sulfide) groups is 1. The third kappa shape index (κ3) is 3.20. The minimum Gasteiger partial charge on any atom is -0.495 e. The van der Waals surface area contributed by atoms with Crippen LogP contribution < -0.4 is 9.47 Å². The molecule has 112 valence electrons. The first kappa shape index (κ1) is 16.2. The summed E-state index contributed by atoms with van der Waals surface area (Å²) in [7, 11) is 3.18. The van der Waals surface area contributed by atoms with Crippen LogP contribution in [0.5, 0.6) is 11.5 Å². The van der Waals surface area contributed by atoms with Crippen molar-refractivity contribution in [1.29, 1.82) is 0 Å². The minimum absolute atomic E-state index is 0.581. The summed E-state index contributed by atoms with van der Waals surface area (Å²) in [6, 6.07) is 11.4. The number of aliphatic hydroxyl groups is 1. The van der Waals surface area contributed by atoms with Gasteiger partial charge in [-0.05, 0) is 45.9 Å². The zero-order valence-electron chi connectivity index (χ0n) is 12.1. The fourth-order valence-electron chi connectivity index (χ4n) is 2.19. The highest BCUT2D eigenvalue weighted by molar-refractivity contribution is 9.10. The number of aliphatic hydroxyl groups excluding tert-OH is 1. The van der Waals surface area contributed by atoms with Crippen LogP contribution in [0.15, 0.2) is 45.8 Å². The first-order chi connectivity index (χ1) is 10.1. The smallest absolute Gasteiger partial charge is 0.142 e. The fraction of sp³-hybridized carbons (Fsp3) is 0.250. The van der Waals surface area contributed by atoms with Gasteiger partial charge >= 0.3 is 0 Å². The molecule has 0 amide bonds. The molecule has 21 heavy (non-hydrogen) atoms. The monoisotopic (exact) mass is 368 g/mol. The fourth-order valence-corrected chi connectivity index (χ4v) is 3.51. The molecular formula is C16H17BrO3S. The Kier molecular flexibility index (Phi) is 5.56. The summed E-state index contributed by atoms with van der Waals surface area (Å²) >= 11 is 5.07. The highest BCUT2D eigenvalue weighted by Gasteiger charge is 2.21. The van der Waals surface area contributed by atoms with Gasteiger partial charge < -0.3 is 14.6 Å². The minimum atomic E-state index is -0.759. The third-order valence-electron chi connectivity index (χ3n) is 3.24. The second kappa shape index (κ2) is 7.20. The van der Waals surface area contributed by atoms with Crippen molar-refractivity contribution in [3.8, 4) is 11.5 Å². The maximum atomic E-state index is 10.7. The number of halogens is 1. The van der Waals surface area contributed by atoms with E-state index in [4.69, 9.17) is 9.47 Å². The van der Waals surface area contributed by atoms with E-state index in [2.05, 4.69) is 15.9 Å². The van der Waals surface area contributed by atoms with Gasteiger partial charge in [0.05, 0.1) is 14.2 Å². The Bertz CT molecular complexity index is 631. The van der Waals surface area contributed by atoms with Crippen LogP contribution in [0.3, 0.4) is 0 Å². The molecule has 1 atom stereocenters. The van der Waals surface area contributed by atoms with Crippen LogP contribution in [0.1, 0.15) is 17.2 Å². The van der Waals surface area contributed by atoms with Crippen LogP contribution in [0.4, 0.5) is 0 Å². The number of ether oxygens (including phenoxy) is 2. The Morgan fingerprint density at radius 3 is 2.38 bits per heavy atom. The molecule has 0 saturated heterocycles. The molecule has 3 nitrogen and oxygen atoms in total. The standard InChI is InChI=1S/C16H17BrO3S/c1-19-12-9-8-11(16(20-2)14(12)17)15(18)10-6-4-5-7-13(10)21-3/h4-9,15,18H,1-3H3. The van der Waals surface area contributed by atoms with Gasteiger partial charge in [-0.15, -0.1) is 11.8 Å². The van der Waals surface area contributed by atoms with E-state index in [-0.39, 0.29) is 0 Å². The van der Waals surface area contributed by atoms with Gasteiger partial charge in [0.2, 0.25) is 0 Å². The van der Waals surface area contributed by atoms with Gasteiger partial charge in [0.1, 0.15) is 22.1 Å². The lowest BCUT2D eigenvalue weighted by atomic mass is 10.0. The van der Waals surface area contributed by atoms with Crippen LogP contribution in [-0.2, 0) is 0 Å². The Morgan fingerprint density at radius 1 is 1.05 bits per heavy atom. The van der Waals surface area contributed by atoms with Gasteiger partial charge in [-0.25, -0.2) is 0 Å². The Hall–Kier alpha value is -1.17. The van der Waals surface area contributed by atoms with Crippen molar-refractivity contribution in [2.45, 2.75) is 11.0 Å². The molecule has 2 aromatic rings. The molecule has 0 aliphatic heterocycles. The van der Waals surface area contributed by atoms with Gasteiger partial charge in [0.15, 0.2) is 0 Å². The van der Waals surface area contributed by atoms with E-state index >= 15 is 0 Å². The van der Waals surface area contributed by atoms with Crippen LogP contribution in [0.2, 0.25) is 0 Å². The summed E-state index contributed by atoms with van der Waals surface area (Å²) in [6.07, 6.45) is 1.23. The average molecular weight is 369 g/mol. The molecule has 0 fully saturated rings. The van der Waals surface area contributed by atoms with E-state index in [0.29, 0.717) is 21.5 Å². The van der Waals surface area contributed by atoms with Crippen molar-refractivity contribution in [1.82, 2.24) is 0 Å². The molecule has 0 aromatic heterocycles. The second-order valence-electron chi connectivity index (χ2n) is 4.35. The lowest BCUT2D eigenvalue weighted by Crippen LogP contribution is -2.05. The molecular weight excluding hydrogens is 352 g/mol. The van der Waals surface area contributed by atoms with Gasteiger partial charge in [-0.1, -0.05) is 18.2 Å². The molecule has 0 aliphatic carbocycles. The lowest BCUT2D eigenvalue weighted by molar-refractivity contribution is 0.211. The van der Waals surface area contributed by atoms with E-state index in [1.165, 1.54) is 0 Å². The van der Waals surface area contributed by atoms with Crippen LogP contribution in [0, 0.1) is 0 Å². The van der Waals surface area contributed by atoms with Crippen LogP contribution in [0.25, 0.3) is 0 Å². The summed E-state index contributed by atoms with van der Waals surface area (Å²) in [5.41, 5.74) is 1.56. The van der Waals surface area contributed by atoms with E-state index in [0.717, 1.165) is 10.5 Å². The van der Waals surface area contributed by atoms with E-state index < -0.39 is 6.10 Å². The highest BCUT2D eigenvalue weighted by Crippen LogP contribution is 2.42. The predicted molar refractivity (Wildman–Crippen MR) is 89.5 cm³/mol. The summed E-state index contributed by atoms with van der Waals surface area (Å²) in [4.78, 5) is 1.04. The van der Waals surface area contributed by atoms with Gasteiger partial charge in [-0.2, -0.15) is 0 Å². The zero-order chi connectivity index (χ0) is 15.4. The Labute approximate surface area is 137 Å². The van der Waals surface area contributed by atoms with Gasteiger partial charge in [-0.3, -0.25) is 0 Å². The van der Waals surface area contributed by atoms with Gasteiger partial charge in [0.25, 0.3) is 0 Å². The molecule has 1 N–H and O–H groups in total. The molecule has 0 bridgehead atoms. The number of benzene rings is 2. The largest absolute Gasteiger partial charge is 0.495 e. The first-order valence-electron chi connectivity index (χ1n) is 6.35. The third-order valence-corrected chi connectivity index (χ3v) is 4.81. The lowest BCUT2D eigenvalue weighted by Gasteiger charge is -2.19. The van der Waals surface area contributed by atoms with Crippen molar-refractivity contribution in [3.05, 3.63) is 52.0 Å². The normalized spacial score (nSPS) is 12.0. The van der Waals surface area contributed by atoms with Gasteiger partial charge in [0, 0.05) is 10.5 Å². The van der Waals surface area contributed by atoms with Crippen LogP contribution >= 0.6 is 27.7 Å². The van der Waals surface area contributed by atoms with E-state index in [1.807, 2.05) is 42.7 Å². The van der Waals surface area contributed by atoms with Crippen molar-refractivity contribution in [3.63, 3.8) is 0 Å². The predicted octanol–water partition coefficient (Wildman–Crippen LogP) is 4.27. The van der Waals surface area contributed by atoms with E-state index in [9.17, 15) is 5.11 Å². The summed E-state index contributed by atoms with van der Waals surface area (Å²) < 4.78 is 11.4. The molecule has 0 aliphatic rings. The first-order valence-corrected chi connectivity index (χ1v) is 8.37. The second-order valence-corrected chi connectivity index (χ2v) is 5.99. The molecule has 2 aromatic carbocycles. The molecule has 0 saturated carbocycles. The topological polar surface area (TPSA) is 38.7 Å². The highest BCUT2D eigenvalue weighted by atomic mass is 79.9. The maximum absolute atomic E-state index is 10.7. The van der Waals surface area contributed by atoms with E-state index in [1.54, 1.807) is 26.0 Å².